The number of ether oxygens (including phenoxy) is 2. The Morgan fingerprint density at radius 1 is 0.852 bits per heavy atom. The van der Waals surface area contributed by atoms with E-state index in [2.05, 4.69) is 12.2 Å². The summed E-state index contributed by atoms with van der Waals surface area (Å²) in [6.07, 6.45) is 3.60. The van der Waals surface area contributed by atoms with E-state index in [1.807, 2.05) is 25.1 Å². The number of rotatable bonds is 11. The number of halogens is 3. The first-order valence-corrected chi connectivity index (χ1v) is 10.4. The molecule has 27 heavy (non-hydrogen) atoms. The van der Waals surface area contributed by atoms with E-state index >= 15 is 0 Å². The Hall–Kier alpha value is -1.13. The third-order valence-electron chi connectivity index (χ3n) is 4.06. The van der Waals surface area contributed by atoms with E-state index in [-0.39, 0.29) is 0 Å². The van der Waals surface area contributed by atoms with Crippen molar-refractivity contribution in [1.82, 2.24) is 5.32 Å². The number of hydrogen-bond donors (Lipinski definition) is 1. The molecule has 6 heteroatoms. The van der Waals surface area contributed by atoms with Crippen LogP contribution in [0.5, 0.6) is 11.5 Å². The SMILES string of the molecule is CCCCCNCc1cc(OCC)c(OCc2ccc(Cl)c(Cl)c2)cc1Cl. The van der Waals surface area contributed by atoms with Crippen molar-refractivity contribution in [3.8, 4) is 11.5 Å². The molecule has 0 atom stereocenters. The van der Waals surface area contributed by atoms with Crippen LogP contribution in [0.4, 0.5) is 0 Å². The molecule has 148 valence electrons. The second kappa shape index (κ2) is 11.7. The number of benzene rings is 2. The number of unbranched alkanes of at least 4 members (excludes halogenated alkanes) is 2. The maximum absolute atomic E-state index is 6.46. The average Bonchev–Trinajstić information content (AvgIpc) is 2.65. The van der Waals surface area contributed by atoms with E-state index in [1.165, 1.54) is 12.8 Å². The van der Waals surface area contributed by atoms with Crippen molar-refractivity contribution < 1.29 is 9.47 Å². The summed E-state index contributed by atoms with van der Waals surface area (Å²) < 4.78 is 11.7. The van der Waals surface area contributed by atoms with Crippen molar-refractivity contribution in [2.24, 2.45) is 0 Å². The highest BCUT2D eigenvalue weighted by molar-refractivity contribution is 6.42. The quantitative estimate of drug-likeness (QED) is 0.393. The smallest absolute Gasteiger partial charge is 0.163 e. The van der Waals surface area contributed by atoms with Crippen molar-refractivity contribution in [3.05, 3.63) is 56.5 Å². The van der Waals surface area contributed by atoms with Crippen molar-refractivity contribution >= 4 is 34.8 Å². The Morgan fingerprint density at radius 2 is 1.63 bits per heavy atom. The van der Waals surface area contributed by atoms with Gasteiger partial charge in [0.15, 0.2) is 11.5 Å². The van der Waals surface area contributed by atoms with Crippen LogP contribution < -0.4 is 14.8 Å². The van der Waals surface area contributed by atoms with Crippen LogP contribution in [0.15, 0.2) is 30.3 Å². The molecule has 0 aromatic heterocycles. The fraction of sp³-hybridized carbons (Fsp3) is 0.429. The van der Waals surface area contributed by atoms with Crippen LogP contribution in [-0.4, -0.2) is 13.2 Å². The Morgan fingerprint density at radius 3 is 2.33 bits per heavy atom. The van der Waals surface area contributed by atoms with Gasteiger partial charge in [0.2, 0.25) is 0 Å². The first-order valence-electron chi connectivity index (χ1n) is 9.27. The standard InChI is InChI=1S/C21H26Cl3NO2/c1-3-5-6-9-25-13-16-11-20(26-4-2)21(12-18(16)23)27-14-15-7-8-17(22)19(24)10-15/h7-8,10-12,25H,3-6,9,13-14H2,1-2H3. The molecule has 0 saturated heterocycles. The molecular formula is C21H26Cl3NO2. The highest BCUT2D eigenvalue weighted by Crippen LogP contribution is 2.34. The summed E-state index contributed by atoms with van der Waals surface area (Å²) in [7, 11) is 0. The van der Waals surface area contributed by atoms with Gasteiger partial charge in [0, 0.05) is 17.6 Å². The molecular weight excluding hydrogens is 405 g/mol. The van der Waals surface area contributed by atoms with Crippen LogP contribution in [0, 0.1) is 0 Å². The molecule has 0 spiro atoms. The molecule has 0 aliphatic rings. The maximum atomic E-state index is 6.46. The molecule has 3 nitrogen and oxygen atoms in total. The van der Waals surface area contributed by atoms with Gasteiger partial charge in [0.05, 0.1) is 16.7 Å². The predicted molar refractivity (Wildman–Crippen MR) is 115 cm³/mol. The lowest BCUT2D eigenvalue weighted by Crippen LogP contribution is -2.15. The minimum Gasteiger partial charge on any atom is -0.490 e. The molecule has 0 aliphatic heterocycles. The van der Waals surface area contributed by atoms with Crippen molar-refractivity contribution in [1.29, 1.82) is 0 Å². The molecule has 2 rings (SSSR count). The summed E-state index contributed by atoms with van der Waals surface area (Å²) in [5, 5.41) is 5.11. The number of nitrogens with one attached hydrogen (secondary N) is 1. The van der Waals surface area contributed by atoms with Gasteiger partial charge in [-0.05, 0) is 49.2 Å². The van der Waals surface area contributed by atoms with E-state index in [9.17, 15) is 0 Å². The van der Waals surface area contributed by atoms with Crippen LogP contribution >= 0.6 is 34.8 Å². The second-order valence-corrected chi connectivity index (χ2v) is 7.47. The van der Waals surface area contributed by atoms with Gasteiger partial charge in [-0.25, -0.2) is 0 Å². The zero-order valence-electron chi connectivity index (χ0n) is 15.8. The maximum Gasteiger partial charge on any atom is 0.163 e. The van der Waals surface area contributed by atoms with Crippen LogP contribution in [0.3, 0.4) is 0 Å². The topological polar surface area (TPSA) is 30.5 Å². The molecule has 2 aromatic rings. The third-order valence-corrected chi connectivity index (χ3v) is 5.15. The summed E-state index contributed by atoms with van der Waals surface area (Å²) in [4.78, 5) is 0. The molecule has 0 radical (unpaired) electrons. The lowest BCUT2D eigenvalue weighted by atomic mass is 10.2. The molecule has 0 bridgehead atoms. The molecule has 1 N–H and O–H groups in total. The normalized spacial score (nSPS) is 10.9. The summed E-state index contributed by atoms with van der Waals surface area (Å²) in [5.41, 5.74) is 1.92. The van der Waals surface area contributed by atoms with Gasteiger partial charge >= 0.3 is 0 Å². The summed E-state index contributed by atoms with van der Waals surface area (Å²) in [6.45, 7) is 6.72. The Balaban J connectivity index is 2.06. The zero-order chi connectivity index (χ0) is 19.6. The summed E-state index contributed by atoms with van der Waals surface area (Å²) in [6, 6.07) is 9.19. The predicted octanol–water partition coefficient (Wildman–Crippen LogP) is 6.90. The van der Waals surface area contributed by atoms with Gasteiger partial charge in [0.1, 0.15) is 6.61 Å². The minimum atomic E-state index is 0.349. The fourth-order valence-corrected chi connectivity index (χ4v) is 3.15. The summed E-state index contributed by atoms with van der Waals surface area (Å²) >= 11 is 18.5. The molecule has 0 unspecified atom stereocenters. The average molecular weight is 431 g/mol. The van der Waals surface area contributed by atoms with Crippen molar-refractivity contribution in [3.63, 3.8) is 0 Å². The van der Waals surface area contributed by atoms with Gasteiger partial charge in [-0.15, -0.1) is 0 Å². The highest BCUT2D eigenvalue weighted by Gasteiger charge is 2.12. The fourth-order valence-electron chi connectivity index (χ4n) is 2.61. The van der Waals surface area contributed by atoms with Crippen LogP contribution in [0.2, 0.25) is 15.1 Å². The molecule has 2 aromatic carbocycles. The zero-order valence-corrected chi connectivity index (χ0v) is 18.1. The van der Waals surface area contributed by atoms with E-state index in [0.29, 0.717) is 46.3 Å². The molecule has 0 fully saturated rings. The Kier molecular flexibility index (Phi) is 9.57. The molecule has 0 amide bonds. The van der Waals surface area contributed by atoms with E-state index in [4.69, 9.17) is 44.3 Å². The Labute approximate surface area is 176 Å². The van der Waals surface area contributed by atoms with Gasteiger partial charge in [0.25, 0.3) is 0 Å². The summed E-state index contributed by atoms with van der Waals surface area (Å²) in [5.74, 6) is 1.30. The van der Waals surface area contributed by atoms with Crippen LogP contribution in [0.25, 0.3) is 0 Å². The van der Waals surface area contributed by atoms with Crippen LogP contribution in [-0.2, 0) is 13.2 Å². The number of hydrogen-bond acceptors (Lipinski definition) is 3. The lowest BCUT2D eigenvalue weighted by molar-refractivity contribution is 0.269. The Bertz CT molecular complexity index is 738. The van der Waals surface area contributed by atoms with Gasteiger partial charge < -0.3 is 14.8 Å². The van der Waals surface area contributed by atoms with E-state index < -0.39 is 0 Å². The third kappa shape index (κ3) is 7.08. The highest BCUT2D eigenvalue weighted by atomic mass is 35.5. The molecule has 0 heterocycles. The van der Waals surface area contributed by atoms with Crippen LogP contribution in [0.1, 0.15) is 44.2 Å². The molecule has 0 aliphatic carbocycles. The monoisotopic (exact) mass is 429 g/mol. The first-order chi connectivity index (χ1) is 13.0. The van der Waals surface area contributed by atoms with E-state index in [0.717, 1.165) is 24.1 Å². The van der Waals surface area contributed by atoms with Gasteiger partial charge in [-0.1, -0.05) is 60.6 Å². The van der Waals surface area contributed by atoms with Crippen molar-refractivity contribution in [2.45, 2.75) is 46.3 Å². The lowest BCUT2D eigenvalue weighted by Gasteiger charge is -2.15. The van der Waals surface area contributed by atoms with Gasteiger partial charge in [-0.3, -0.25) is 0 Å². The molecule has 0 saturated carbocycles. The second-order valence-electron chi connectivity index (χ2n) is 6.24. The van der Waals surface area contributed by atoms with Crippen molar-refractivity contribution in [2.75, 3.05) is 13.2 Å². The van der Waals surface area contributed by atoms with Gasteiger partial charge in [-0.2, -0.15) is 0 Å². The van der Waals surface area contributed by atoms with E-state index in [1.54, 1.807) is 12.1 Å². The first kappa shape index (κ1) is 22.2. The minimum absolute atomic E-state index is 0.349. The largest absolute Gasteiger partial charge is 0.490 e.